The minimum atomic E-state index is 0.618. The van der Waals surface area contributed by atoms with Crippen LogP contribution >= 0.6 is 38.9 Å². The van der Waals surface area contributed by atoms with E-state index in [-0.39, 0.29) is 0 Å². The minimum Gasteiger partial charge on any atom is -0.192 e. The fourth-order valence-electron chi connectivity index (χ4n) is 1.14. The molecule has 0 N–H and O–H groups in total. The average molecular weight is 273 g/mol. The first-order valence-electron chi connectivity index (χ1n) is 3.49. The van der Waals surface area contributed by atoms with E-state index in [9.17, 15) is 0 Å². The third-order valence-corrected chi connectivity index (χ3v) is 3.95. The van der Waals surface area contributed by atoms with Crippen LogP contribution in [0.5, 0.6) is 0 Å². The highest BCUT2D eigenvalue weighted by Crippen LogP contribution is 2.37. The number of halogens is 2. The first-order valence-corrected chi connectivity index (χ1v) is 5.54. The van der Waals surface area contributed by atoms with Crippen molar-refractivity contribution in [2.45, 2.75) is 0 Å². The summed E-state index contributed by atoms with van der Waals surface area (Å²) in [6, 6.07) is 5.81. The molecular weight excluding hydrogens is 270 g/mol. The molecule has 64 valence electrons. The maximum atomic E-state index is 8.79. The van der Waals surface area contributed by atoms with E-state index >= 15 is 0 Å². The zero-order valence-corrected chi connectivity index (χ0v) is 9.50. The van der Waals surface area contributed by atoms with Crippen LogP contribution in [0.25, 0.3) is 10.1 Å². The lowest BCUT2D eigenvalue weighted by Crippen LogP contribution is -1.76. The van der Waals surface area contributed by atoms with E-state index in [1.165, 1.54) is 0 Å². The van der Waals surface area contributed by atoms with Gasteiger partial charge in [0.1, 0.15) is 6.07 Å². The minimum absolute atomic E-state index is 0.618. The van der Waals surface area contributed by atoms with Gasteiger partial charge in [-0.1, -0.05) is 11.6 Å². The summed E-state index contributed by atoms with van der Waals surface area (Å²) >= 11 is 10.9. The number of thiophene rings is 1. The van der Waals surface area contributed by atoms with Gasteiger partial charge in [-0.3, -0.25) is 0 Å². The molecule has 0 aliphatic carbocycles. The molecule has 0 saturated heterocycles. The van der Waals surface area contributed by atoms with Crippen LogP contribution in [-0.4, -0.2) is 0 Å². The van der Waals surface area contributed by atoms with E-state index in [0.29, 0.717) is 10.6 Å². The lowest BCUT2D eigenvalue weighted by molar-refractivity contribution is 1.49. The van der Waals surface area contributed by atoms with Crippen molar-refractivity contribution in [3.63, 3.8) is 0 Å². The van der Waals surface area contributed by atoms with Crippen LogP contribution in [0.1, 0.15) is 5.56 Å². The normalized spacial score (nSPS) is 10.2. The van der Waals surface area contributed by atoms with Crippen molar-refractivity contribution in [2.24, 2.45) is 0 Å². The van der Waals surface area contributed by atoms with Crippen LogP contribution < -0.4 is 0 Å². The Labute approximate surface area is 92.7 Å². The van der Waals surface area contributed by atoms with Crippen LogP contribution in [0.4, 0.5) is 0 Å². The highest BCUT2D eigenvalue weighted by atomic mass is 79.9. The first kappa shape index (κ1) is 9.01. The Morgan fingerprint density at radius 1 is 1.46 bits per heavy atom. The smallest absolute Gasteiger partial charge is 0.100 e. The van der Waals surface area contributed by atoms with Gasteiger partial charge >= 0.3 is 0 Å². The number of fused-ring (bicyclic) bond motifs is 1. The maximum absolute atomic E-state index is 8.79. The maximum Gasteiger partial charge on any atom is 0.100 e. The molecule has 0 aliphatic heterocycles. The van der Waals surface area contributed by atoms with Gasteiger partial charge in [0.25, 0.3) is 0 Å². The number of rotatable bonds is 0. The van der Waals surface area contributed by atoms with Gasteiger partial charge in [0.05, 0.1) is 10.6 Å². The van der Waals surface area contributed by atoms with Gasteiger partial charge in [-0.05, 0) is 28.1 Å². The molecule has 1 heterocycles. The number of benzene rings is 1. The fourth-order valence-corrected chi connectivity index (χ4v) is 3.24. The van der Waals surface area contributed by atoms with E-state index in [1.54, 1.807) is 17.4 Å². The SMILES string of the molecule is N#Cc1ccc2scc(Cl)c2c1Br. The zero-order chi connectivity index (χ0) is 9.42. The second-order valence-electron chi connectivity index (χ2n) is 2.50. The van der Waals surface area contributed by atoms with Gasteiger partial charge < -0.3 is 0 Å². The third kappa shape index (κ3) is 1.35. The topological polar surface area (TPSA) is 23.8 Å². The Bertz CT molecular complexity index is 512. The van der Waals surface area contributed by atoms with Crippen molar-refractivity contribution >= 4 is 49.0 Å². The number of hydrogen-bond acceptors (Lipinski definition) is 2. The van der Waals surface area contributed by atoms with Gasteiger partial charge in [-0.15, -0.1) is 11.3 Å². The van der Waals surface area contributed by atoms with Gasteiger partial charge in [-0.25, -0.2) is 0 Å². The van der Waals surface area contributed by atoms with Gasteiger partial charge in [-0.2, -0.15) is 5.26 Å². The molecule has 1 aromatic heterocycles. The molecule has 1 nitrogen and oxygen atoms in total. The summed E-state index contributed by atoms with van der Waals surface area (Å²) in [6.07, 6.45) is 0. The molecule has 2 rings (SSSR count). The number of hydrogen-bond donors (Lipinski definition) is 0. The highest BCUT2D eigenvalue weighted by Gasteiger charge is 2.09. The number of nitriles is 1. The van der Waals surface area contributed by atoms with Crippen molar-refractivity contribution < 1.29 is 0 Å². The fraction of sp³-hybridized carbons (Fsp3) is 0. The monoisotopic (exact) mass is 271 g/mol. The lowest BCUT2D eigenvalue weighted by Gasteiger charge is -1.97. The Morgan fingerprint density at radius 2 is 2.23 bits per heavy atom. The van der Waals surface area contributed by atoms with Crippen LogP contribution in [0.3, 0.4) is 0 Å². The predicted octanol–water partition coefficient (Wildman–Crippen LogP) is 4.19. The van der Waals surface area contributed by atoms with Gasteiger partial charge in [0.15, 0.2) is 0 Å². The van der Waals surface area contributed by atoms with Crippen LogP contribution in [0.15, 0.2) is 22.0 Å². The molecule has 13 heavy (non-hydrogen) atoms. The summed E-state index contributed by atoms with van der Waals surface area (Å²) in [5.74, 6) is 0. The van der Waals surface area contributed by atoms with Crippen molar-refractivity contribution in [3.05, 3.63) is 32.6 Å². The molecule has 0 spiro atoms. The first-order chi connectivity index (χ1) is 6.24. The molecular formula is C9H3BrClNS. The third-order valence-electron chi connectivity index (χ3n) is 1.75. The van der Waals surface area contributed by atoms with E-state index in [2.05, 4.69) is 22.0 Å². The summed E-state index contributed by atoms with van der Waals surface area (Å²) in [5, 5.41) is 12.3. The van der Waals surface area contributed by atoms with Crippen LogP contribution in [0, 0.1) is 11.3 Å². The van der Waals surface area contributed by atoms with Gasteiger partial charge in [0.2, 0.25) is 0 Å². The number of nitrogens with zero attached hydrogens (tertiary/aromatic N) is 1. The molecule has 4 heteroatoms. The van der Waals surface area contributed by atoms with Crippen molar-refractivity contribution in [2.75, 3.05) is 0 Å². The van der Waals surface area contributed by atoms with Crippen LogP contribution in [-0.2, 0) is 0 Å². The van der Waals surface area contributed by atoms with Crippen molar-refractivity contribution in [1.29, 1.82) is 5.26 Å². The molecule has 0 radical (unpaired) electrons. The molecule has 1 aromatic carbocycles. The quantitative estimate of drug-likeness (QED) is 0.705. The zero-order valence-electron chi connectivity index (χ0n) is 6.34. The second kappa shape index (κ2) is 3.30. The summed E-state index contributed by atoms with van der Waals surface area (Å²) in [4.78, 5) is 0. The largest absolute Gasteiger partial charge is 0.192 e. The molecule has 0 unspecified atom stereocenters. The molecule has 0 atom stereocenters. The molecule has 0 fully saturated rings. The molecule has 0 aliphatic rings. The van der Waals surface area contributed by atoms with Crippen LogP contribution in [0.2, 0.25) is 5.02 Å². The van der Waals surface area contributed by atoms with E-state index in [0.717, 1.165) is 14.6 Å². The van der Waals surface area contributed by atoms with E-state index < -0.39 is 0 Å². The molecule has 0 amide bonds. The van der Waals surface area contributed by atoms with Crippen molar-refractivity contribution in [1.82, 2.24) is 0 Å². The molecule has 0 saturated carbocycles. The molecule has 0 bridgehead atoms. The van der Waals surface area contributed by atoms with E-state index in [1.807, 2.05) is 11.4 Å². The average Bonchev–Trinajstić information content (AvgIpc) is 2.49. The highest BCUT2D eigenvalue weighted by molar-refractivity contribution is 9.10. The summed E-state index contributed by atoms with van der Waals surface area (Å²) in [7, 11) is 0. The second-order valence-corrected chi connectivity index (χ2v) is 4.61. The lowest BCUT2D eigenvalue weighted by atomic mass is 10.2. The molecule has 2 aromatic rings. The Hall–Kier alpha value is -0.560. The Balaban J connectivity index is 2.93. The summed E-state index contributed by atoms with van der Waals surface area (Å²) in [5.41, 5.74) is 0.618. The van der Waals surface area contributed by atoms with Crippen molar-refractivity contribution in [3.8, 4) is 6.07 Å². The Kier molecular flexibility index (Phi) is 2.29. The van der Waals surface area contributed by atoms with E-state index in [4.69, 9.17) is 16.9 Å². The summed E-state index contributed by atoms with van der Waals surface area (Å²) in [6.45, 7) is 0. The Morgan fingerprint density at radius 3 is 2.92 bits per heavy atom. The van der Waals surface area contributed by atoms with Gasteiger partial charge in [0, 0.05) is 19.9 Å². The standard InChI is InChI=1S/C9H3BrClNS/c10-9-5(3-12)1-2-7-8(9)6(11)4-13-7/h1-2,4H. The summed E-state index contributed by atoms with van der Waals surface area (Å²) < 4.78 is 1.88. The predicted molar refractivity (Wildman–Crippen MR) is 59.2 cm³/mol.